The first-order valence-electron chi connectivity index (χ1n) is 8.28. The topological polar surface area (TPSA) is 53.7 Å². The molecule has 0 saturated carbocycles. The summed E-state index contributed by atoms with van der Waals surface area (Å²) in [6.45, 7) is 4.76. The number of halogens is 1. The Morgan fingerprint density at radius 3 is 2.12 bits per heavy atom. The van der Waals surface area contributed by atoms with Gasteiger partial charge in [0.25, 0.3) is 0 Å². The molecule has 0 heterocycles. The summed E-state index contributed by atoms with van der Waals surface area (Å²) < 4.78 is 16.9. The van der Waals surface area contributed by atoms with Gasteiger partial charge in [-0.15, -0.1) is 12.4 Å². The quantitative estimate of drug-likeness (QED) is 0.733. The molecule has 2 aromatic rings. The molecule has 5 heteroatoms. The molecule has 0 amide bonds. The molecule has 25 heavy (non-hydrogen) atoms. The molecule has 1 unspecified atom stereocenters. The molecular weight excluding hydrogens is 338 g/mol. The maximum Gasteiger partial charge on any atom is 0.164 e. The summed E-state index contributed by atoms with van der Waals surface area (Å²) in [7, 11) is 3.24. The van der Waals surface area contributed by atoms with Gasteiger partial charge in [-0.25, -0.2) is 0 Å². The third-order valence-corrected chi connectivity index (χ3v) is 4.37. The summed E-state index contributed by atoms with van der Waals surface area (Å²) in [5, 5.41) is 0. The molecule has 0 fully saturated rings. The Morgan fingerprint density at radius 2 is 1.56 bits per heavy atom. The fourth-order valence-corrected chi connectivity index (χ4v) is 2.56. The lowest BCUT2D eigenvalue weighted by atomic mass is 9.92. The SMILES string of the molecule is CCC(C)[C@H](N)c1cc(OC)c(OC)cc1OCc1ccccc1.Cl. The van der Waals surface area contributed by atoms with E-state index in [1.165, 1.54) is 0 Å². The van der Waals surface area contributed by atoms with Crippen LogP contribution in [0.3, 0.4) is 0 Å². The number of hydrogen-bond acceptors (Lipinski definition) is 4. The monoisotopic (exact) mass is 365 g/mol. The average molecular weight is 366 g/mol. The van der Waals surface area contributed by atoms with E-state index in [0.29, 0.717) is 24.0 Å². The first kappa shape index (κ1) is 21.1. The summed E-state index contributed by atoms with van der Waals surface area (Å²) in [4.78, 5) is 0. The van der Waals surface area contributed by atoms with E-state index in [9.17, 15) is 0 Å². The molecule has 2 aromatic carbocycles. The predicted molar refractivity (Wildman–Crippen MR) is 104 cm³/mol. The Bertz CT molecular complexity index is 649. The van der Waals surface area contributed by atoms with Gasteiger partial charge in [0.2, 0.25) is 0 Å². The zero-order valence-corrected chi connectivity index (χ0v) is 16.1. The molecular formula is C20H28ClNO3. The highest BCUT2D eigenvalue weighted by molar-refractivity contribution is 5.85. The zero-order chi connectivity index (χ0) is 17.5. The van der Waals surface area contributed by atoms with Crippen LogP contribution in [0.15, 0.2) is 42.5 Å². The van der Waals surface area contributed by atoms with Gasteiger partial charge in [0.15, 0.2) is 11.5 Å². The van der Waals surface area contributed by atoms with Crippen molar-refractivity contribution in [2.75, 3.05) is 14.2 Å². The van der Waals surface area contributed by atoms with Crippen LogP contribution < -0.4 is 19.9 Å². The van der Waals surface area contributed by atoms with E-state index >= 15 is 0 Å². The second-order valence-electron chi connectivity index (χ2n) is 5.93. The lowest BCUT2D eigenvalue weighted by Gasteiger charge is -2.23. The summed E-state index contributed by atoms with van der Waals surface area (Å²) in [6, 6.07) is 13.7. The van der Waals surface area contributed by atoms with Gasteiger partial charge in [-0.3, -0.25) is 0 Å². The van der Waals surface area contributed by atoms with E-state index in [2.05, 4.69) is 13.8 Å². The molecule has 0 spiro atoms. The lowest BCUT2D eigenvalue weighted by Crippen LogP contribution is -2.19. The molecule has 2 rings (SSSR count). The van der Waals surface area contributed by atoms with E-state index < -0.39 is 0 Å². The fourth-order valence-electron chi connectivity index (χ4n) is 2.56. The van der Waals surface area contributed by atoms with Crippen molar-refractivity contribution < 1.29 is 14.2 Å². The summed E-state index contributed by atoms with van der Waals surface area (Å²) >= 11 is 0. The first-order chi connectivity index (χ1) is 11.6. The highest BCUT2D eigenvalue weighted by Crippen LogP contribution is 2.39. The molecule has 0 bridgehead atoms. The van der Waals surface area contributed by atoms with Crippen LogP contribution in [0.1, 0.15) is 37.4 Å². The molecule has 2 atom stereocenters. The van der Waals surface area contributed by atoms with Crippen LogP contribution in [0.5, 0.6) is 17.2 Å². The van der Waals surface area contributed by atoms with Crippen molar-refractivity contribution in [3.05, 3.63) is 53.6 Å². The molecule has 0 radical (unpaired) electrons. The molecule has 0 aliphatic carbocycles. The number of ether oxygens (including phenoxy) is 3. The average Bonchev–Trinajstić information content (AvgIpc) is 2.65. The van der Waals surface area contributed by atoms with Crippen molar-refractivity contribution in [3.63, 3.8) is 0 Å². The smallest absolute Gasteiger partial charge is 0.164 e. The van der Waals surface area contributed by atoms with Crippen molar-refractivity contribution in [3.8, 4) is 17.2 Å². The maximum absolute atomic E-state index is 6.46. The van der Waals surface area contributed by atoms with E-state index in [4.69, 9.17) is 19.9 Å². The third-order valence-electron chi connectivity index (χ3n) is 4.37. The van der Waals surface area contributed by atoms with Crippen LogP contribution in [0.25, 0.3) is 0 Å². The van der Waals surface area contributed by atoms with E-state index in [-0.39, 0.29) is 18.4 Å². The second-order valence-corrected chi connectivity index (χ2v) is 5.93. The minimum absolute atomic E-state index is 0. The summed E-state index contributed by atoms with van der Waals surface area (Å²) in [6.07, 6.45) is 0.994. The van der Waals surface area contributed by atoms with Crippen molar-refractivity contribution in [2.45, 2.75) is 32.9 Å². The van der Waals surface area contributed by atoms with Crippen molar-refractivity contribution in [1.82, 2.24) is 0 Å². The van der Waals surface area contributed by atoms with E-state index in [1.807, 2.05) is 42.5 Å². The molecule has 138 valence electrons. The maximum atomic E-state index is 6.46. The minimum atomic E-state index is -0.124. The van der Waals surface area contributed by atoms with Gasteiger partial charge in [0.1, 0.15) is 12.4 Å². The van der Waals surface area contributed by atoms with E-state index in [0.717, 1.165) is 23.3 Å². The second kappa shape index (κ2) is 10.2. The van der Waals surface area contributed by atoms with Crippen LogP contribution >= 0.6 is 12.4 Å². The molecule has 0 aliphatic rings. The molecule has 2 N–H and O–H groups in total. The Hall–Kier alpha value is -1.91. The van der Waals surface area contributed by atoms with Gasteiger partial charge in [-0.1, -0.05) is 50.6 Å². The third kappa shape index (κ3) is 5.28. The normalized spacial score (nSPS) is 12.7. The number of methoxy groups -OCH3 is 2. The minimum Gasteiger partial charge on any atom is -0.493 e. The Kier molecular flexibility index (Phi) is 8.59. The Balaban J connectivity index is 0.00000312. The first-order valence-corrected chi connectivity index (χ1v) is 8.28. The highest BCUT2D eigenvalue weighted by atomic mass is 35.5. The van der Waals surface area contributed by atoms with Crippen molar-refractivity contribution >= 4 is 12.4 Å². The Morgan fingerprint density at radius 1 is 0.960 bits per heavy atom. The lowest BCUT2D eigenvalue weighted by molar-refractivity contribution is 0.290. The van der Waals surface area contributed by atoms with Crippen molar-refractivity contribution in [1.29, 1.82) is 0 Å². The fraction of sp³-hybridized carbons (Fsp3) is 0.400. The van der Waals surface area contributed by atoms with Crippen LogP contribution in [0.4, 0.5) is 0 Å². The van der Waals surface area contributed by atoms with Gasteiger partial charge in [0, 0.05) is 17.7 Å². The number of rotatable bonds is 8. The van der Waals surface area contributed by atoms with Crippen molar-refractivity contribution in [2.24, 2.45) is 11.7 Å². The number of benzene rings is 2. The van der Waals surface area contributed by atoms with E-state index in [1.54, 1.807) is 14.2 Å². The Labute approximate surface area is 156 Å². The van der Waals surface area contributed by atoms with Gasteiger partial charge in [-0.2, -0.15) is 0 Å². The van der Waals surface area contributed by atoms with Gasteiger partial charge in [-0.05, 0) is 17.5 Å². The van der Waals surface area contributed by atoms with Crippen LogP contribution in [-0.4, -0.2) is 14.2 Å². The van der Waals surface area contributed by atoms with Crippen LogP contribution in [-0.2, 0) is 6.61 Å². The van der Waals surface area contributed by atoms with Gasteiger partial charge < -0.3 is 19.9 Å². The van der Waals surface area contributed by atoms with Crippen LogP contribution in [0.2, 0.25) is 0 Å². The molecule has 4 nitrogen and oxygen atoms in total. The number of nitrogens with two attached hydrogens (primary N) is 1. The standard InChI is InChI=1S/C20H27NO3.ClH/c1-5-14(2)20(21)16-11-18(22-3)19(23-4)12-17(16)24-13-15-9-7-6-8-10-15;/h6-12,14,20H,5,13,21H2,1-4H3;1H/t14?,20-;/m0./s1. The summed E-state index contributed by atoms with van der Waals surface area (Å²) in [5.74, 6) is 2.38. The van der Waals surface area contributed by atoms with Crippen LogP contribution in [0, 0.1) is 5.92 Å². The van der Waals surface area contributed by atoms with Gasteiger partial charge in [0.05, 0.1) is 14.2 Å². The molecule has 0 aliphatic heterocycles. The largest absolute Gasteiger partial charge is 0.493 e. The highest BCUT2D eigenvalue weighted by Gasteiger charge is 2.21. The summed E-state index contributed by atoms with van der Waals surface area (Å²) in [5.41, 5.74) is 8.51. The number of hydrogen-bond donors (Lipinski definition) is 1. The molecule has 0 saturated heterocycles. The zero-order valence-electron chi connectivity index (χ0n) is 15.3. The molecule has 0 aromatic heterocycles. The van der Waals surface area contributed by atoms with Gasteiger partial charge >= 0.3 is 0 Å². The predicted octanol–water partition coefficient (Wildman–Crippen LogP) is 4.75.